The zero-order valence-corrected chi connectivity index (χ0v) is 13.8. The maximum atomic E-state index is 12.7. The highest BCUT2D eigenvalue weighted by Gasteiger charge is 2.33. The number of benzene rings is 1. The van der Waals surface area contributed by atoms with Gasteiger partial charge in [-0.25, -0.2) is 4.98 Å². The van der Waals surface area contributed by atoms with E-state index in [2.05, 4.69) is 9.97 Å². The molecule has 1 fully saturated rings. The normalized spacial score (nSPS) is 20.8. The molecule has 1 aromatic carbocycles. The number of aromatic amines is 1. The molecule has 0 unspecified atom stereocenters. The molecule has 6 nitrogen and oxygen atoms in total. The number of nitrogens with zero attached hydrogens (tertiary/aromatic N) is 3. The van der Waals surface area contributed by atoms with E-state index < -0.39 is 10.2 Å². The molecule has 3 rings (SSSR count). The van der Waals surface area contributed by atoms with Crippen LogP contribution in [-0.4, -0.2) is 46.6 Å². The number of hydrogen-bond acceptors (Lipinski definition) is 3. The van der Waals surface area contributed by atoms with E-state index in [0.717, 1.165) is 30.3 Å². The highest BCUT2D eigenvalue weighted by atomic mass is 32.2. The second kappa shape index (κ2) is 5.98. The lowest BCUT2D eigenvalue weighted by molar-refractivity contribution is 0.248. The van der Waals surface area contributed by atoms with E-state index in [1.165, 1.54) is 4.31 Å². The minimum Gasteiger partial charge on any atom is -0.341 e. The van der Waals surface area contributed by atoms with Crippen molar-refractivity contribution in [3.63, 3.8) is 0 Å². The average molecular weight is 322 g/mol. The van der Waals surface area contributed by atoms with Crippen molar-refractivity contribution in [1.29, 1.82) is 0 Å². The standard InChI is InChI=1S/C15H22N4O2S/c1-12-7-5-6-10-19(12)22(20,21)18(2)11-15-16-13-8-3-4-9-14(13)17-15/h3-4,8-9,12H,5-7,10-11H2,1-2H3,(H,16,17)/t12-/m1/s1. The first-order valence-electron chi connectivity index (χ1n) is 7.65. The van der Waals surface area contributed by atoms with Gasteiger partial charge in [0.25, 0.3) is 10.2 Å². The Morgan fingerprint density at radius 1 is 1.36 bits per heavy atom. The fraction of sp³-hybridized carbons (Fsp3) is 0.533. The minimum atomic E-state index is -3.44. The Hall–Kier alpha value is -1.44. The first-order chi connectivity index (χ1) is 10.5. The topological polar surface area (TPSA) is 69.3 Å². The number of nitrogens with one attached hydrogen (secondary N) is 1. The quantitative estimate of drug-likeness (QED) is 0.937. The SMILES string of the molecule is C[C@@H]1CCCCN1S(=O)(=O)N(C)Cc1nc2ccccc2[nH]1. The molecule has 0 spiro atoms. The number of H-pyrrole nitrogens is 1. The fourth-order valence-electron chi connectivity index (χ4n) is 2.97. The van der Waals surface area contributed by atoms with Gasteiger partial charge in [0.2, 0.25) is 0 Å². The maximum Gasteiger partial charge on any atom is 0.282 e. The molecule has 1 aliphatic heterocycles. The number of hydrogen-bond donors (Lipinski definition) is 1. The molecule has 0 aliphatic carbocycles. The Kier molecular flexibility index (Phi) is 4.20. The molecule has 120 valence electrons. The van der Waals surface area contributed by atoms with Gasteiger partial charge in [0.1, 0.15) is 5.82 Å². The van der Waals surface area contributed by atoms with Crippen LogP contribution in [0.25, 0.3) is 11.0 Å². The van der Waals surface area contributed by atoms with Gasteiger partial charge in [-0.3, -0.25) is 0 Å². The summed E-state index contributed by atoms with van der Waals surface area (Å²) in [6.07, 6.45) is 2.96. The van der Waals surface area contributed by atoms with Gasteiger partial charge in [0, 0.05) is 19.6 Å². The van der Waals surface area contributed by atoms with Crippen molar-refractivity contribution in [2.24, 2.45) is 0 Å². The van der Waals surface area contributed by atoms with Crippen LogP contribution < -0.4 is 0 Å². The first-order valence-corrected chi connectivity index (χ1v) is 9.05. The van der Waals surface area contributed by atoms with E-state index >= 15 is 0 Å². The Morgan fingerprint density at radius 3 is 2.86 bits per heavy atom. The predicted molar refractivity (Wildman–Crippen MR) is 86.5 cm³/mol. The summed E-state index contributed by atoms with van der Waals surface area (Å²) in [5, 5.41) is 0. The molecule has 1 aliphatic rings. The Morgan fingerprint density at radius 2 is 2.14 bits per heavy atom. The Bertz CT molecular complexity index is 723. The van der Waals surface area contributed by atoms with Crippen LogP contribution in [0.15, 0.2) is 24.3 Å². The highest BCUT2D eigenvalue weighted by molar-refractivity contribution is 7.86. The Labute approximate surface area is 131 Å². The predicted octanol–water partition coefficient (Wildman–Crippen LogP) is 2.11. The summed E-state index contributed by atoms with van der Waals surface area (Å²) in [5.74, 6) is 0.664. The fourth-order valence-corrected chi connectivity index (χ4v) is 4.53. The molecule has 0 saturated carbocycles. The molecule has 1 N–H and O–H groups in total. The second-order valence-electron chi connectivity index (χ2n) is 5.92. The molecular weight excluding hydrogens is 300 g/mol. The smallest absolute Gasteiger partial charge is 0.282 e. The van der Waals surface area contributed by atoms with Crippen molar-refractivity contribution in [2.45, 2.75) is 38.8 Å². The number of imidazole rings is 1. The van der Waals surface area contributed by atoms with Crippen molar-refractivity contribution < 1.29 is 8.42 Å². The van der Waals surface area contributed by atoms with Gasteiger partial charge in [-0.15, -0.1) is 0 Å². The molecule has 2 aromatic rings. The summed E-state index contributed by atoms with van der Waals surface area (Å²) >= 11 is 0. The summed E-state index contributed by atoms with van der Waals surface area (Å²) in [7, 11) is -1.83. The van der Waals surface area contributed by atoms with Crippen molar-refractivity contribution in [3.8, 4) is 0 Å². The van der Waals surface area contributed by atoms with Gasteiger partial charge in [0.15, 0.2) is 0 Å². The van der Waals surface area contributed by atoms with Crippen LogP contribution in [0.1, 0.15) is 32.0 Å². The van der Waals surface area contributed by atoms with Gasteiger partial charge < -0.3 is 4.98 Å². The first kappa shape index (κ1) is 15.5. The van der Waals surface area contributed by atoms with Crippen LogP contribution in [0.5, 0.6) is 0 Å². The second-order valence-corrected chi connectivity index (χ2v) is 7.91. The van der Waals surface area contributed by atoms with Crippen LogP contribution in [0.2, 0.25) is 0 Å². The van der Waals surface area contributed by atoms with Gasteiger partial charge in [-0.05, 0) is 31.9 Å². The van der Waals surface area contributed by atoms with Crippen molar-refractivity contribution in [2.75, 3.05) is 13.6 Å². The molecule has 0 radical (unpaired) electrons. The van der Waals surface area contributed by atoms with E-state index in [1.54, 1.807) is 11.4 Å². The largest absolute Gasteiger partial charge is 0.341 e. The number of aromatic nitrogens is 2. The van der Waals surface area contributed by atoms with Gasteiger partial charge in [0.05, 0.1) is 17.6 Å². The summed E-state index contributed by atoms with van der Waals surface area (Å²) in [6, 6.07) is 7.77. The van der Waals surface area contributed by atoms with Gasteiger partial charge >= 0.3 is 0 Å². The van der Waals surface area contributed by atoms with Crippen molar-refractivity contribution in [3.05, 3.63) is 30.1 Å². The third-order valence-corrected chi connectivity index (χ3v) is 6.30. The van der Waals surface area contributed by atoms with E-state index in [0.29, 0.717) is 12.4 Å². The Balaban J connectivity index is 1.79. The number of fused-ring (bicyclic) bond motifs is 1. The lowest BCUT2D eigenvalue weighted by Crippen LogP contribution is -2.48. The van der Waals surface area contributed by atoms with Crippen LogP contribution >= 0.6 is 0 Å². The third kappa shape index (κ3) is 2.88. The molecule has 1 aromatic heterocycles. The van der Waals surface area contributed by atoms with Gasteiger partial charge in [-0.1, -0.05) is 18.6 Å². The van der Waals surface area contributed by atoms with E-state index in [1.807, 2.05) is 31.2 Å². The number of para-hydroxylation sites is 2. The molecule has 2 heterocycles. The molecule has 1 atom stereocenters. The maximum absolute atomic E-state index is 12.7. The lowest BCUT2D eigenvalue weighted by Gasteiger charge is -2.34. The zero-order chi connectivity index (χ0) is 15.7. The molecular formula is C15H22N4O2S. The van der Waals surface area contributed by atoms with E-state index in [9.17, 15) is 8.42 Å². The van der Waals surface area contributed by atoms with Crippen molar-refractivity contribution >= 4 is 21.2 Å². The molecule has 22 heavy (non-hydrogen) atoms. The van der Waals surface area contributed by atoms with Crippen LogP contribution in [-0.2, 0) is 16.8 Å². The minimum absolute atomic E-state index is 0.0665. The van der Waals surface area contributed by atoms with E-state index in [-0.39, 0.29) is 12.6 Å². The van der Waals surface area contributed by atoms with Gasteiger partial charge in [-0.2, -0.15) is 17.0 Å². The lowest BCUT2D eigenvalue weighted by atomic mass is 10.1. The molecule has 0 amide bonds. The molecule has 0 bridgehead atoms. The van der Waals surface area contributed by atoms with Crippen molar-refractivity contribution in [1.82, 2.24) is 18.6 Å². The monoisotopic (exact) mass is 322 g/mol. The third-order valence-electron chi connectivity index (χ3n) is 4.24. The zero-order valence-electron chi connectivity index (χ0n) is 13.0. The van der Waals surface area contributed by atoms with Crippen LogP contribution in [0.4, 0.5) is 0 Å². The summed E-state index contributed by atoms with van der Waals surface area (Å²) in [6.45, 7) is 2.83. The molecule has 1 saturated heterocycles. The van der Waals surface area contributed by atoms with Crippen LogP contribution in [0.3, 0.4) is 0 Å². The summed E-state index contributed by atoms with van der Waals surface area (Å²) < 4.78 is 28.4. The average Bonchev–Trinajstić information content (AvgIpc) is 2.89. The summed E-state index contributed by atoms with van der Waals surface area (Å²) in [5.41, 5.74) is 1.78. The number of rotatable bonds is 4. The summed E-state index contributed by atoms with van der Waals surface area (Å²) in [4.78, 5) is 7.63. The van der Waals surface area contributed by atoms with Crippen LogP contribution in [0, 0.1) is 0 Å². The highest BCUT2D eigenvalue weighted by Crippen LogP contribution is 2.22. The number of piperidine rings is 1. The van der Waals surface area contributed by atoms with E-state index in [4.69, 9.17) is 0 Å². The molecule has 7 heteroatoms.